The second-order valence-electron chi connectivity index (χ2n) is 5.52. The molecule has 1 N–H and O–H groups in total. The monoisotopic (exact) mass is 267 g/mol. The van der Waals surface area contributed by atoms with Gasteiger partial charge >= 0.3 is 0 Å². The first-order chi connectivity index (χ1) is 8.54. The molecule has 0 radical (unpaired) electrons. The predicted octanol–water partition coefficient (Wildman–Crippen LogP) is 5.06. The molecule has 102 valence electrons. The van der Waals surface area contributed by atoms with Gasteiger partial charge in [-0.3, -0.25) is 0 Å². The Labute approximate surface area is 117 Å². The third-order valence-electron chi connectivity index (χ3n) is 3.67. The minimum atomic E-state index is 0.452. The standard InChI is InChI=1S/C16H26ClN/c1-5-6-16(18-11-13(4)12(2)3)14-7-9-15(17)10-8-14/h7-10,12-13,16,18H,5-6,11H2,1-4H3. The molecular formula is C16H26ClN. The van der Waals surface area contributed by atoms with E-state index in [0.29, 0.717) is 12.0 Å². The van der Waals surface area contributed by atoms with E-state index in [9.17, 15) is 0 Å². The third-order valence-corrected chi connectivity index (χ3v) is 3.93. The van der Waals surface area contributed by atoms with Crippen molar-refractivity contribution in [2.24, 2.45) is 11.8 Å². The largest absolute Gasteiger partial charge is 0.310 e. The molecule has 0 fully saturated rings. The lowest BCUT2D eigenvalue weighted by atomic mass is 9.96. The van der Waals surface area contributed by atoms with Gasteiger partial charge in [-0.15, -0.1) is 0 Å². The van der Waals surface area contributed by atoms with E-state index in [4.69, 9.17) is 11.6 Å². The Morgan fingerprint density at radius 3 is 2.22 bits per heavy atom. The van der Waals surface area contributed by atoms with Crippen LogP contribution in [0.1, 0.15) is 52.1 Å². The fourth-order valence-electron chi connectivity index (χ4n) is 1.93. The Hall–Kier alpha value is -0.530. The van der Waals surface area contributed by atoms with E-state index >= 15 is 0 Å². The molecule has 2 heteroatoms. The minimum Gasteiger partial charge on any atom is -0.310 e. The summed E-state index contributed by atoms with van der Waals surface area (Å²) in [5.41, 5.74) is 1.34. The molecular weight excluding hydrogens is 242 g/mol. The van der Waals surface area contributed by atoms with Gasteiger partial charge in [0.1, 0.15) is 0 Å². The summed E-state index contributed by atoms with van der Waals surface area (Å²) in [5.74, 6) is 1.43. The fourth-order valence-corrected chi connectivity index (χ4v) is 2.06. The van der Waals surface area contributed by atoms with Crippen LogP contribution < -0.4 is 5.32 Å². The number of nitrogens with one attached hydrogen (secondary N) is 1. The highest BCUT2D eigenvalue weighted by atomic mass is 35.5. The van der Waals surface area contributed by atoms with Crippen LogP contribution in [0.15, 0.2) is 24.3 Å². The van der Waals surface area contributed by atoms with Gasteiger partial charge in [-0.25, -0.2) is 0 Å². The van der Waals surface area contributed by atoms with Gasteiger partial charge in [0, 0.05) is 11.1 Å². The summed E-state index contributed by atoms with van der Waals surface area (Å²) in [6.07, 6.45) is 2.36. The molecule has 2 unspecified atom stereocenters. The molecule has 1 nitrogen and oxygen atoms in total. The van der Waals surface area contributed by atoms with Crippen molar-refractivity contribution in [3.8, 4) is 0 Å². The van der Waals surface area contributed by atoms with Gasteiger partial charge in [-0.1, -0.05) is 57.8 Å². The van der Waals surface area contributed by atoms with E-state index in [1.54, 1.807) is 0 Å². The van der Waals surface area contributed by atoms with E-state index in [0.717, 1.165) is 17.5 Å². The summed E-state index contributed by atoms with van der Waals surface area (Å²) >= 11 is 5.94. The van der Waals surface area contributed by atoms with E-state index in [1.165, 1.54) is 18.4 Å². The number of hydrogen-bond donors (Lipinski definition) is 1. The normalized spacial score (nSPS) is 14.8. The van der Waals surface area contributed by atoms with Crippen LogP contribution in [0.2, 0.25) is 5.02 Å². The molecule has 0 aliphatic carbocycles. The summed E-state index contributed by atoms with van der Waals surface area (Å²) < 4.78 is 0. The number of halogens is 1. The van der Waals surface area contributed by atoms with Crippen molar-refractivity contribution in [2.45, 2.75) is 46.6 Å². The van der Waals surface area contributed by atoms with Crippen LogP contribution in [0, 0.1) is 11.8 Å². The summed E-state index contributed by atoms with van der Waals surface area (Å²) in [6.45, 7) is 10.2. The maximum Gasteiger partial charge on any atom is 0.0406 e. The van der Waals surface area contributed by atoms with Crippen LogP contribution in [0.3, 0.4) is 0 Å². The van der Waals surface area contributed by atoms with Gasteiger partial charge in [-0.2, -0.15) is 0 Å². The molecule has 0 aromatic heterocycles. The molecule has 0 aliphatic heterocycles. The van der Waals surface area contributed by atoms with Gasteiger partial charge in [0.25, 0.3) is 0 Å². The van der Waals surface area contributed by atoms with E-state index in [1.807, 2.05) is 12.1 Å². The Kier molecular flexibility index (Phi) is 6.73. The molecule has 1 aromatic rings. The van der Waals surface area contributed by atoms with Crippen LogP contribution in [0.4, 0.5) is 0 Å². The molecule has 0 saturated carbocycles. The van der Waals surface area contributed by atoms with Crippen LogP contribution in [0.25, 0.3) is 0 Å². The zero-order valence-corrected chi connectivity index (χ0v) is 12.8. The zero-order valence-electron chi connectivity index (χ0n) is 12.0. The number of hydrogen-bond acceptors (Lipinski definition) is 1. The average molecular weight is 268 g/mol. The second kappa shape index (κ2) is 7.81. The number of rotatable bonds is 7. The van der Waals surface area contributed by atoms with Crippen LogP contribution >= 0.6 is 11.6 Å². The molecule has 0 amide bonds. The van der Waals surface area contributed by atoms with Gasteiger partial charge in [0.15, 0.2) is 0 Å². The van der Waals surface area contributed by atoms with Crippen molar-refractivity contribution in [2.75, 3.05) is 6.54 Å². The van der Waals surface area contributed by atoms with Crippen molar-refractivity contribution in [3.63, 3.8) is 0 Å². The maximum atomic E-state index is 5.94. The van der Waals surface area contributed by atoms with Gasteiger partial charge in [-0.05, 0) is 42.5 Å². The molecule has 1 aromatic carbocycles. The molecule has 0 aliphatic rings. The van der Waals surface area contributed by atoms with Crippen LogP contribution in [-0.2, 0) is 0 Å². The average Bonchev–Trinajstić information content (AvgIpc) is 2.35. The Morgan fingerprint density at radius 1 is 1.11 bits per heavy atom. The Balaban J connectivity index is 2.62. The highest BCUT2D eigenvalue weighted by Gasteiger charge is 2.13. The molecule has 2 atom stereocenters. The first-order valence-corrected chi connectivity index (χ1v) is 7.41. The van der Waals surface area contributed by atoms with Crippen molar-refractivity contribution in [1.29, 1.82) is 0 Å². The van der Waals surface area contributed by atoms with E-state index in [-0.39, 0.29) is 0 Å². The zero-order chi connectivity index (χ0) is 13.5. The highest BCUT2D eigenvalue weighted by molar-refractivity contribution is 6.30. The summed E-state index contributed by atoms with van der Waals surface area (Å²) in [4.78, 5) is 0. The Morgan fingerprint density at radius 2 is 1.72 bits per heavy atom. The molecule has 0 heterocycles. The summed E-state index contributed by atoms with van der Waals surface area (Å²) in [6, 6.07) is 8.68. The topological polar surface area (TPSA) is 12.0 Å². The maximum absolute atomic E-state index is 5.94. The quantitative estimate of drug-likeness (QED) is 0.728. The minimum absolute atomic E-state index is 0.452. The number of benzene rings is 1. The van der Waals surface area contributed by atoms with Crippen molar-refractivity contribution < 1.29 is 0 Å². The van der Waals surface area contributed by atoms with Gasteiger partial charge in [0.2, 0.25) is 0 Å². The smallest absolute Gasteiger partial charge is 0.0406 e. The summed E-state index contributed by atoms with van der Waals surface area (Å²) in [7, 11) is 0. The van der Waals surface area contributed by atoms with E-state index in [2.05, 4.69) is 45.1 Å². The van der Waals surface area contributed by atoms with Crippen molar-refractivity contribution in [1.82, 2.24) is 5.32 Å². The molecule has 0 saturated heterocycles. The molecule has 1 rings (SSSR count). The SMILES string of the molecule is CCCC(NCC(C)C(C)C)c1ccc(Cl)cc1. The van der Waals surface area contributed by atoms with E-state index < -0.39 is 0 Å². The third kappa shape index (κ3) is 4.99. The molecule has 0 spiro atoms. The Bertz CT molecular complexity index is 331. The van der Waals surface area contributed by atoms with Gasteiger partial charge in [0.05, 0.1) is 0 Å². The van der Waals surface area contributed by atoms with Crippen LogP contribution in [-0.4, -0.2) is 6.54 Å². The fraction of sp³-hybridized carbons (Fsp3) is 0.625. The molecule has 0 bridgehead atoms. The lowest BCUT2D eigenvalue weighted by Gasteiger charge is -2.23. The lowest BCUT2D eigenvalue weighted by molar-refractivity contribution is 0.361. The van der Waals surface area contributed by atoms with Crippen LogP contribution in [0.5, 0.6) is 0 Å². The van der Waals surface area contributed by atoms with Crippen molar-refractivity contribution >= 4 is 11.6 Å². The highest BCUT2D eigenvalue weighted by Crippen LogP contribution is 2.21. The predicted molar refractivity (Wildman–Crippen MR) is 81.1 cm³/mol. The lowest BCUT2D eigenvalue weighted by Crippen LogP contribution is -2.28. The first kappa shape index (κ1) is 15.5. The second-order valence-corrected chi connectivity index (χ2v) is 5.96. The van der Waals surface area contributed by atoms with Gasteiger partial charge < -0.3 is 5.32 Å². The summed E-state index contributed by atoms with van der Waals surface area (Å²) in [5, 5.41) is 4.50. The first-order valence-electron chi connectivity index (χ1n) is 7.03. The van der Waals surface area contributed by atoms with Crippen molar-refractivity contribution in [3.05, 3.63) is 34.9 Å². The molecule has 18 heavy (non-hydrogen) atoms.